The van der Waals surface area contributed by atoms with Crippen LogP contribution in [0.3, 0.4) is 0 Å². The number of carbonyl (C=O) groups is 5. The van der Waals surface area contributed by atoms with Gasteiger partial charge in [0.05, 0.1) is 77.6 Å². The fourth-order valence-corrected chi connectivity index (χ4v) is 12.5. The van der Waals surface area contributed by atoms with Crippen molar-refractivity contribution in [1.82, 2.24) is 21.3 Å². The number of carbonyl (C=O) groups excluding carboxylic acids is 4. The molecular weight excluding hydrogens is 1370 g/mol. The zero-order valence-corrected chi connectivity index (χ0v) is 53.5. The summed E-state index contributed by atoms with van der Waals surface area (Å²) in [7, 11) is 0. The molecule has 0 radical (unpaired) electrons. The maximum atomic E-state index is 13.2. The Morgan fingerprint density at radius 3 is 1.27 bits per heavy atom. The standard InChI is InChI=1S/C55H92N4O41/c1-15(69)57-27-19(72)4-55(54(85)86,99-44(27)30(74)20(73)6-61)100-47-34(78)24(10-65)91-53(40(47)84)96-43-29(59-17(3)71)49(88-21(7-62)31(43)75)98-46-33(77)23(9-64)89-51(39(46)83)94-41-25(11-66)92-48(28(35(41)79)58-16(2)70)97-45-32(76)22(8-63)90-52(38(45)82)95-42-26(12-67)93-50(37(81)36(42)80)87-13-18(5-60)56-14-68/h14,18-53,60-67,72-84H,4-13H2,1-3H3,(H,56,68)(H,57,69)(H,58,70)(H,59,71)(H,85,86)/t18-,19+,20-,21-,22-,23-,24-,25-,26-,27-,28-,29-,30-,31+,32+,33+,34+,35-,36-,37-,38-,39-,40-,41-,42-,43-,44-,45+,46+,47+,48+,49-,50-,51+,52+,53+,55+/m1/s1. The molecule has 7 rings (SSSR count). The normalized spacial score (nSPS) is 45.0. The number of amides is 4. The minimum atomic E-state index is -3.27. The first-order chi connectivity index (χ1) is 47.3. The van der Waals surface area contributed by atoms with Crippen LogP contribution in [0.15, 0.2) is 0 Å². The number of aliphatic hydroxyl groups excluding tert-OH is 21. The van der Waals surface area contributed by atoms with Crippen LogP contribution in [0.25, 0.3) is 0 Å². The Labute approximate surface area is 565 Å². The highest BCUT2D eigenvalue weighted by atomic mass is 16.8. The summed E-state index contributed by atoms with van der Waals surface area (Å²) in [6, 6.07) is -6.61. The van der Waals surface area contributed by atoms with Crippen LogP contribution in [-0.4, -0.2) is 428 Å². The first-order valence-corrected chi connectivity index (χ1v) is 31.5. The van der Waals surface area contributed by atoms with E-state index < -0.39 is 316 Å². The monoisotopic (exact) mass is 1460 g/mol. The van der Waals surface area contributed by atoms with Crippen LogP contribution in [0.2, 0.25) is 0 Å². The van der Waals surface area contributed by atoms with E-state index in [-0.39, 0.29) is 6.41 Å². The van der Waals surface area contributed by atoms with Gasteiger partial charge < -0.3 is 200 Å². The van der Waals surface area contributed by atoms with Crippen LogP contribution < -0.4 is 21.3 Å². The number of nitrogens with one attached hydrogen (secondary N) is 4. The number of carboxylic acids is 1. The second kappa shape index (κ2) is 36.8. The van der Waals surface area contributed by atoms with Gasteiger partial charge in [-0.3, -0.25) is 19.2 Å². The van der Waals surface area contributed by atoms with E-state index in [1.54, 1.807) is 0 Å². The summed E-state index contributed by atoms with van der Waals surface area (Å²) in [5.74, 6) is -8.18. The molecule has 37 atom stereocenters. The Morgan fingerprint density at radius 2 is 0.830 bits per heavy atom. The third kappa shape index (κ3) is 18.6. The lowest BCUT2D eigenvalue weighted by atomic mass is 9.88. The maximum absolute atomic E-state index is 13.2. The molecule has 4 amide bonds. The summed E-state index contributed by atoms with van der Waals surface area (Å²) >= 11 is 0. The molecule has 0 spiro atoms. The van der Waals surface area contributed by atoms with Crippen molar-refractivity contribution in [1.29, 1.82) is 0 Å². The molecule has 7 fully saturated rings. The van der Waals surface area contributed by atoms with Crippen molar-refractivity contribution in [2.75, 3.05) is 59.5 Å². The Kier molecular flexibility index (Phi) is 30.6. The molecule has 100 heavy (non-hydrogen) atoms. The highest BCUT2D eigenvalue weighted by Gasteiger charge is 2.62. The molecule has 0 saturated carbocycles. The Balaban J connectivity index is 1.11. The number of aliphatic carboxylic acids is 1. The van der Waals surface area contributed by atoms with E-state index in [0.29, 0.717) is 0 Å². The lowest BCUT2D eigenvalue weighted by Crippen LogP contribution is -2.72. The van der Waals surface area contributed by atoms with Crippen LogP contribution in [0.4, 0.5) is 0 Å². The van der Waals surface area contributed by atoms with Gasteiger partial charge in [0.25, 0.3) is 5.79 Å². The fourth-order valence-electron chi connectivity index (χ4n) is 12.5. The molecule has 0 unspecified atom stereocenters. The Morgan fingerprint density at radius 1 is 0.450 bits per heavy atom. The van der Waals surface area contributed by atoms with Crippen LogP contribution in [-0.2, 0) is 90.3 Å². The van der Waals surface area contributed by atoms with E-state index in [1.807, 2.05) is 0 Å². The van der Waals surface area contributed by atoms with Crippen molar-refractivity contribution >= 4 is 30.1 Å². The summed E-state index contributed by atoms with van der Waals surface area (Å²) in [6.45, 7) is -6.11. The molecule has 7 saturated heterocycles. The molecule has 7 aliphatic heterocycles. The largest absolute Gasteiger partial charge is 0.477 e. The smallest absolute Gasteiger partial charge is 0.364 e. The first-order valence-electron chi connectivity index (χ1n) is 31.5. The van der Waals surface area contributed by atoms with Crippen LogP contribution in [0, 0.1) is 0 Å². The SMILES string of the molecule is CC(=O)N[C@H]1[C@H](O[C@H]2[C@@H](O)[C@@H](CO)O[C@@H](O[C@H]3[C@H](O)[C@@H](O)[C@H](OC[C@@H](CO)NC=O)O[C@@H]3CO)[C@@H]2O)O[C@H](CO)[C@@H](O[C@@H]2O[C@H](CO)[C@H](O)[C@H](O[C@H]3O[C@H](CO)[C@H](O)[C@H](O[C@@H]4O[C@H](CO)[C@H](O)[C@H](O[C@]5(C(=O)O)C[C@H](O)[C@@H](NC(C)=O)[C@H]([C@H](O)[C@H](O)CO)O5)[C@H]4O)[C@H]3NC(C)=O)[C@H]2O)[C@@H]1O. The highest BCUT2D eigenvalue weighted by molar-refractivity contribution is 5.77. The van der Waals surface area contributed by atoms with Gasteiger partial charge in [-0.1, -0.05) is 0 Å². The minimum Gasteiger partial charge on any atom is -0.477 e. The third-order valence-corrected chi connectivity index (χ3v) is 17.7. The number of hydrogen-bond donors (Lipinski definition) is 26. The lowest BCUT2D eigenvalue weighted by Gasteiger charge is -2.51. The van der Waals surface area contributed by atoms with E-state index >= 15 is 0 Å². The average molecular weight is 1470 g/mol. The second-order valence-electron chi connectivity index (χ2n) is 24.7. The molecule has 45 heteroatoms. The van der Waals surface area contributed by atoms with Crippen molar-refractivity contribution in [3.8, 4) is 0 Å². The summed E-state index contributed by atoms with van der Waals surface area (Å²) < 4.78 is 81.0. The molecule has 26 N–H and O–H groups in total. The molecule has 45 nitrogen and oxygen atoms in total. The van der Waals surface area contributed by atoms with Gasteiger partial charge in [0, 0.05) is 27.2 Å². The molecule has 0 aromatic carbocycles. The third-order valence-electron chi connectivity index (χ3n) is 17.7. The summed E-state index contributed by atoms with van der Waals surface area (Å²) in [6.07, 6.45) is -67.8. The van der Waals surface area contributed by atoms with Crippen LogP contribution in [0.5, 0.6) is 0 Å². The van der Waals surface area contributed by atoms with E-state index in [0.717, 1.165) is 20.8 Å². The average Bonchev–Trinajstić information content (AvgIpc) is 0.761. The van der Waals surface area contributed by atoms with E-state index in [2.05, 4.69) is 21.3 Å². The van der Waals surface area contributed by atoms with Crippen molar-refractivity contribution in [2.45, 2.75) is 254 Å². The molecule has 7 aliphatic rings. The molecule has 0 aromatic rings. The molecule has 0 bridgehead atoms. The first kappa shape index (κ1) is 83.2. The zero-order chi connectivity index (χ0) is 74.1. The van der Waals surface area contributed by atoms with Gasteiger partial charge >= 0.3 is 5.97 Å². The van der Waals surface area contributed by atoms with E-state index in [4.69, 9.17) is 66.3 Å². The Hall–Kier alpha value is -4.05. The summed E-state index contributed by atoms with van der Waals surface area (Å²) in [4.78, 5) is 62.1. The van der Waals surface area contributed by atoms with Crippen molar-refractivity contribution < 1.29 is 203 Å². The number of carboxylic acid groups (broad SMARTS) is 1. The molecule has 0 aromatic heterocycles. The van der Waals surface area contributed by atoms with Crippen LogP contribution >= 0.6 is 0 Å². The Bertz CT molecular complexity index is 2600. The molecule has 0 aliphatic carbocycles. The molecular formula is C55H92N4O41. The highest BCUT2D eigenvalue weighted by Crippen LogP contribution is 2.41. The topological polar surface area (TPSA) is 708 Å². The number of ether oxygens (including phenoxy) is 14. The number of rotatable bonds is 31. The van der Waals surface area contributed by atoms with Crippen molar-refractivity contribution in [3.05, 3.63) is 0 Å². The summed E-state index contributed by atoms with van der Waals surface area (Å²) in [5, 5.41) is 251. The van der Waals surface area contributed by atoms with Crippen molar-refractivity contribution in [3.63, 3.8) is 0 Å². The van der Waals surface area contributed by atoms with Gasteiger partial charge in [0.15, 0.2) is 37.7 Å². The van der Waals surface area contributed by atoms with Gasteiger partial charge in [-0.15, -0.1) is 0 Å². The van der Waals surface area contributed by atoms with Crippen molar-refractivity contribution in [2.24, 2.45) is 0 Å². The summed E-state index contributed by atoms with van der Waals surface area (Å²) in [5.41, 5.74) is 0. The van der Waals surface area contributed by atoms with Gasteiger partial charge in [-0.25, -0.2) is 4.79 Å². The molecule has 7 heterocycles. The quantitative estimate of drug-likeness (QED) is 0.0287. The lowest BCUT2D eigenvalue weighted by molar-refractivity contribution is -0.391. The predicted molar refractivity (Wildman–Crippen MR) is 308 cm³/mol. The van der Waals surface area contributed by atoms with Gasteiger partial charge in [0.1, 0.15) is 165 Å². The number of aliphatic hydroxyl groups is 21. The van der Waals surface area contributed by atoms with E-state index in [1.165, 1.54) is 0 Å². The molecule has 578 valence electrons. The fraction of sp³-hybridized carbons (Fsp3) is 0.909. The maximum Gasteiger partial charge on any atom is 0.364 e. The van der Waals surface area contributed by atoms with E-state index in [9.17, 15) is 136 Å². The van der Waals surface area contributed by atoms with Crippen LogP contribution in [0.1, 0.15) is 27.2 Å². The van der Waals surface area contributed by atoms with Gasteiger partial charge in [0.2, 0.25) is 24.1 Å². The number of hydrogen-bond acceptors (Lipinski definition) is 40. The zero-order valence-electron chi connectivity index (χ0n) is 53.5. The minimum absolute atomic E-state index is 0.257. The van der Waals surface area contributed by atoms with Gasteiger partial charge in [-0.2, -0.15) is 0 Å². The van der Waals surface area contributed by atoms with Gasteiger partial charge in [-0.05, 0) is 0 Å². The second-order valence-corrected chi connectivity index (χ2v) is 24.7. The predicted octanol–water partition coefficient (Wildman–Crippen LogP) is -17.5.